The van der Waals surface area contributed by atoms with Crippen LogP contribution in [-0.2, 0) is 19.1 Å². The number of nitrogens with one attached hydrogen (secondary N) is 3. The molecule has 3 fully saturated rings. The minimum Gasteiger partial charge on any atom is -0.453 e. The van der Waals surface area contributed by atoms with Gasteiger partial charge in [-0.2, -0.15) is 54.0 Å². The number of amides is 3. The van der Waals surface area contributed by atoms with Crippen molar-refractivity contribution < 1.29 is 23.9 Å². The molecule has 3 N–H and O–H groups in total. The van der Waals surface area contributed by atoms with Crippen LogP contribution in [0.2, 0.25) is 0 Å². The summed E-state index contributed by atoms with van der Waals surface area (Å²) in [5.74, 6) is 1.81. The summed E-state index contributed by atoms with van der Waals surface area (Å²) in [7, 11) is 1.30. The molecule has 3 aliphatic rings. The number of methoxy groups -OCH3 is 1. The van der Waals surface area contributed by atoms with E-state index in [0.717, 1.165) is 108 Å². The third-order valence-electron chi connectivity index (χ3n) is 12.9. The summed E-state index contributed by atoms with van der Waals surface area (Å²) >= 11 is 0. The van der Waals surface area contributed by atoms with E-state index in [1.165, 1.54) is 7.11 Å². The Hall–Kier alpha value is -3.83. The fourth-order valence-electron chi connectivity index (χ4n) is 9.09. The molecule has 3 saturated heterocycles. The Labute approximate surface area is 386 Å². The van der Waals surface area contributed by atoms with Crippen molar-refractivity contribution in [3.8, 4) is 22.4 Å². The Balaban J connectivity index is 0.00000205. The Kier molecular flexibility index (Phi) is 16.8. The van der Waals surface area contributed by atoms with Gasteiger partial charge in [-0.05, 0) is 83.6 Å². The molecule has 5 heterocycles. The molecule has 2 aromatic heterocycles. The van der Waals surface area contributed by atoms with Gasteiger partial charge < -0.3 is 34.6 Å². The maximum Gasteiger partial charge on any atom is 0.407 e. The fourth-order valence-corrected chi connectivity index (χ4v) is 9.09. The van der Waals surface area contributed by atoms with Gasteiger partial charge in [0.05, 0.1) is 42.1 Å². The maximum absolute atomic E-state index is 13.8. The number of benzene rings is 3. The first-order valence-corrected chi connectivity index (χ1v) is 20.6. The van der Waals surface area contributed by atoms with E-state index < -0.39 is 12.1 Å². The molecule has 1 spiro atoms. The first-order valence-electron chi connectivity index (χ1n) is 20.6. The predicted molar refractivity (Wildman–Crippen MR) is 262 cm³/mol. The highest BCUT2D eigenvalue weighted by Gasteiger charge is 2.49. The van der Waals surface area contributed by atoms with Gasteiger partial charge in [0.1, 0.15) is 17.7 Å². The number of aromatic nitrogens is 4. The van der Waals surface area contributed by atoms with Crippen LogP contribution in [0.1, 0.15) is 90.5 Å². The zero-order valence-corrected chi connectivity index (χ0v) is 39.9. The number of carbonyl (C=O) groups is 3. The molecule has 0 unspecified atom stereocenters. The fraction of sp³-hybridized carbons (Fsp3) is 0.489. The first kappa shape index (κ1) is 49.8. The molecule has 0 radical (unpaired) electrons. The standard InChI is InChI=1S/C45H55N7O5.4H2S/c1-26(2)28(5)42(53)52-25-45(17-20-57-21-18-45)23-37(52)40-46-24-35(48-40)30-11-9-29(10-12-30)31-13-15-33-32(22-31)14-16-34-39(33)49-41(47-34)36-8-7-19-51(36)43(54)38(27(3)4)50-44(55)56-6;;;;/h9-16,22,24,26-28,36-38H,7-8,17-21,23,25H2,1-6H3,(H,46,48)(H,47,49)(H,50,55);4*1H2/t28-,36-,37-,38-;;;;/m0..../s1. The van der Waals surface area contributed by atoms with Crippen LogP contribution in [0.15, 0.2) is 60.8 Å². The molecule has 0 aliphatic carbocycles. The number of rotatable bonds is 9. The number of hydrogen-bond donors (Lipinski definition) is 3. The van der Waals surface area contributed by atoms with Crippen molar-refractivity contribution in [2.75, 3.05) is 33.4 Å². The summed E-state index contributed by atoms with van der Waals surface area (Å²) < 4.78 is 10.5. The summed E-state index contributed by atoms with van der Waals surface area (Å²) in [5, 5.41) is 4.84. The van der Waals surface area contributed by atoms with Crippen LogP contribution < -0.4 is 5.32 Å². The molecule has 3 amide bonds. The predicted octanol–water partition coefficient (Wildman–Crippen LogP) is 8.63. The molecular weight excluding hydrogens is 847 g/mol. The lowest BCUT2D eigenvalue weighted by molar-refractivity contribution is -0.138. The highest BCUT2D eigenvalue weighted by Crippen LogP contribution is 2.49. The van der Waals surface area contributed by atoms with E-state index in [1.54, 1.807) is 0 Å². The summed E-state index contributed by atoms with van der Waals surface area (Å²) in [4.78, 5) is 60.5. The van der Waals surface area contributed by atoms with Crippen LogP contribution in [-0.4, -0.2) is 87.1 Å². The lowest BCUT2D eigenvalue weighted by atomic mass is 9.78. The first-order chi connectivity index (χ1) is 27.4. The lowest BCUT2D eigenvalue weighted by Crippen LogP contribution is -2.51. The van der Waals surface area contributed by atoms with Gasteiger partial charge in [0.25, 0.3) is 0 Å². The Morgan fingerprint density at radius 1 is 0.820 bits per heavy atom. The highest BCUT2D eigenvalue weighted by atomic mass is 32.1. The minimum atomic E-state index is -0.684. The lowest BCUT2D eigenvalue weighted by Gasteiger charge is -2.33. The van der Waals surface area contributed by atoms with Crippen molar-refractivity contribution in [2.24, 2.45) is 23.2 Å². The SMILES string of the molecule is COC(=O)N[C@H](C(=O)N1CCC[C@H]1c1nc2c(ccc3cc(-c4ccc(-c5cnc([C@@H]6CC7(CCOCC7)CN6C(=O)[C@@H](C)C(C)C)[nH]5)cc4)ccc32)[nH]1)C(C)C.S.S.S.S. The molecule has 3 aromatic carbocycles. The summed E-state index contributed by atoms with van der Waals surface area (Å²) in [6.45, 7) is 13.0. The van der Waals surface area contributed by atoms with Crippen LogP contribution in [0, 0.1) is 23.2 Å². The largest absolute Gasteiger partial charge is 0.453 e. The smallest absolute Gasteiger partial charge is 0.407 e. The molecule has 5 aromatic rings. The van der Waals surface area contributed by atoms with E-state index in [-0.39, 0.29) is 101 Å². The number of nitrogens with zero attached hydrogens (tertiary/aromatic N) is 4. The number of hydrogen-bond acceptors (Lipinski definition) is 7. The topological polar surface area (TPSA) is 146 Å². The van der Waals surface area contributed by atoms with Gasteiger partial charge in [-0.1, -0.05) is 77.1 Å². The Bertz CT molecular complexity index is 2290. The second-order valence-corrected chi connectivity index (χ2v) is 17.2. The number of likely N-dealkylation sites (tertiary alicyclic amines) is 2. The van der Waals surface area contributed by atoms with Crippen molar-refractivity contribution in [3.63, 3.8) is 0 Å². The van der Waals surface area contributed by atoms with Gasteiger partial charge in [0, 0.05) is 37.6 Å². The number of alkyl carbamates (subject to hydrolysis) is 1. The van der Waals surface area contributed by atoms with Gasteiger partial charge in [0.2, 0.25) is 11.8 Å². The van der Waals surface area contributed by atoms with Crippen LogP contribution in [0.5, 0.6) is 0 Å². The van der Waals surface area contributed by atoms with Gasteiger partial charge in [-0.15, -0.1) is 0 Å². The van der Waals surface area contributed by atoms with Crippen LogP contribution in [0.3, 0.4) is 0 Å². The van der Waals surface area contributed by atoms with Gasteiger partial charge >= 0.3 is 6.09 Å². The molecule has 4 atom stereocenters. The second-order valence-electron chi connectivity index (χ2n) is 17.2. The van der Waals surface area contributed by atoms with E-state index >= 15 is 0 Å². The van der Waals surface area contributed by atoms with Crippen molar-refractivity contribution in [1.82, 2.24) is 35.1 Å². The monoisotopic (exact) mass is 909 g/mol. The molecule has 8 rings (SSSR count). The quantitative estimate of drug-likeness (QED) is 0.134. The Morgan fingerprint density at radius 3 is 2.18 bits per heavy atom. The summed E-state index contributed by atoms with van der Waals surface area (Å²) in [6, 6.07) is 18.2. The molecule has 0 saturated carbocycles. The van der Waals surface area contributed by atoms with Gasteiger partial charge in [-0.3, -0.25) is 9.59 Å². The normalized spacial score (nSPS) is 19.2. The zero-order valence-electron chi connectivity index (χ0n) is 35.9. The molecule has 16 heteroatoms. The van der Waals surface area contributed by atoms with E-state index in [9.17, 15) is 14.4 Å². The van der Waals surface area contributed by atoms with E-state index in [2.05, 4.69) is 88.6 Å². The van der Waals surface area contributed by atoms with Crippen molar-refractivity contribution >= 4 is 93.7 Å². The number of imidazole rings is 2. The molecule has 61 heavy (non-hydrogen) atoms. The van der Waals surface area contributed by atoms with Gasteiger partial charge in [-0.25, -0.2) is 14.8 Å². The van der Waals surface area contributed by atoms with Gasteiger partial charge in [0.15, 0.2) is 0 Å². The van der Waals surface area contributed by atoms with Crippen LogP contribution in [0.4, 0.5) is 4.79 Å². The summed E-state index contributed by atoms with van der Waals surface area (Å²) in [6.07, 6.45) is 5.78. The molecule has 3 aliphatic heterocycles. The van der Waals surface area contributed by atoms with E-state index in [4.69, 9.17) is 19.4 Å². The number of H-pyrrole nitrogens is 2. The number of ether oxygens (including phenoxy) is 2. The number of fused-ring (bicyclic) bond motifs is 3. The zero-order chi connectivity index (χ0) is 40.0. The third-order valence-corrected chi connectivity index (χ3v) is 12.9. The van der Waals surface area contributed by atoms with E-state index in [1.807, 2.05) is 31.9 Å². The van der Waals surface area contributed by atoms with Crippen molar-refractivity contribution in [1.29, 1.82) is 0 Å². The number of carbonyl (C=O) groups excluding carboxylic acids is 3. The molecule has 12 nitrogen and oxygen atoms in total. The third kappa shape index (κ3) is 9.88. The molecule has 0 bridgehead atoms. The van der Waals surface area contributed by atoms with E-state index in [0.29, 0.717) is 6.54 Å². The highest BCUT2D eigenvalue weighted by molar-refractivity contribution is 7.59. The number of aromatic amines is 2. The second kappa shape index (κ2) is 20.6. The minimum absolute atomic E-state index is 0. The summed E-state index contributed by atoms with van der Waals surface area (Å²) in [5.41, 5.74) is 6.04. The van der Waals surface area contributed by atoms with Crippen molar-refractivity contribution in [2.45, 2.75) is 84.8 Å². The molecular formula is C45H63N7O5S4. The molecule has 332 valence electrons. The van der Waals surface area contributed by atoms with Crippen LogP contribution >= 0.6 is 54.0 Å². The van der Waals surface area contributed by atoms with Crippen LogP contribution in [0.25, 0.3) is 44.2 Å². The Morgan fingerprint density at radius 2 is 1.51 bits per heavy atom. The maximum atomic E-state index is 13.8. The van der Waals surface area contributed by atoms with Crippen molar-refractivity contribution in [3.05, 3.63) is 72.4 Å². The average Bonchev–Trinajstić information content (AvgIpc) is 4.05. The average molecular weight is 910 g/mol.